The molecule has 1 aliphatic rings. The van der Waals surface area contributed by atoms with Crippen LogP contribution in [0.3, 0.4) is 0 Å². The summed E-state index contributed by atoms with van der Waals surface area (Å²) in [6, 6.07) is 5.13. The van der Waals surface area contributed by atoms with E-state index in [1.807, 2.05) is 19.1 Å². The fraction of sp³-hybridized carbons (Fsp3) is 0.519. The fourth-order valence-electron chi connectivity index (χ4n) is 4.47. The molecule has 164 valence electrons. The molecule has 0 atom stereocenters. The molecule has 1 aromatic carbocycles. The van der Waals surface area contributed by atoms with Gasteiger partial charge >= 0.3 is 5.97 Å². The maximum atomic E-state index is 12.4. The molecular formula is C27H38O3. The molecule has 0 amide bonds. The summed E-state index contributed by atoms with van der Waals surface area (Å²) in [7, 11) is 0. The second kappa shape index (κ2) is 10.7. The zero-order chi connectivity index (χ0) is 22.3. The van der Waals surface area contributed by atoms with E-state index in [2.05, 4.69) is 34.3 Å². The Labute approximate surface area is 182 Å². The van der Waals surface area contributed by atoms with Gasteiger partial charge in [-0.1, -0.05) is 58.3 Å². The highest BCUT2D eigenvalue weighted by molar-refractivity contribution is 5.93. The van der Waals surface area contributed by atoms with Crippen LogP contribution in [0.2, 0.25) is 0 Å². The third kappa shape index (κ3) is 5.65. The molecule has 0 aromatic heterocycles. The summed E-state index contributed by atoms with van der Waals surface area (Å²) in [5.74, 6) is -0.277. The minimum atomic E-state index is -0.382. The molecule has 0 radical (unpaired) electrons. The average Bonchev–Trinajstić information content (AvgIpc) is 2.70. The number of hydrogen-bond donors (Lipinski definition) is 1. The summed E-state index contributed by atoms with van der Waals surface area (Å²) in [6.45, 7) is 15.3. The van der Waals surface area contributed by atoms with Crippen molar-refractivity contribution in [3.05, 3.63) is 58.7 Å². The number of ether oxygens (including phenoxy) is 1. The lowest BCUT2D eigenvalue weighted by molar-refractivity contribution is 0.0497. The number of carbonyl (C=O) groups is 1. The van der Waals surface area contributed by atoms with Gasteiger partial charge in [-0.05, 0) is 79.9 Å². The van der Waals surface area contributed by atoms with Crippen molar-refractivity contribution in [3.8, 4) is 5.75 Å². The molecule has 1 N–H and O–H groups in total. The van der Waals surface area contributed by atoms with Gasteiger partial charge in [-0.25, -0.2) is 4.79 Å². The monoisotopic (exact) mass is 410 g/mol. The highest BCUT2D eigenvalue weighted by Gasteiger charge is 2.32. The molecule has 0 spiro atoms. The molecule has 0 unspecified atom stereocenters. The van der Waals surface area contributed by atoms with Crippen molar-refractivity contribution in [1.82, 2.24) is 0 Å². The molecule has 2 rings (SSSR count). The summed E-state index contributed by atoms with van der Waals surface area (Å²) in [6.07, 6.45) is 9.43. The van der Waals surface area contributed by atoms with Crippen molar-refractivity contribution in [3.63, 3.8) is 0 Å². The zero-order valence-corrected chi connectivity index (χ0v) is 19.4. The van der Waals surface area contributed by atoms with E-state index in [1.54, 1.807) is 6.07 Å². The van der Waals surface area contributed by atoms with Gasteiger partial charge in [0.1, 0.15) is 5.75 Å². The number of unbranched alkanes of at least 4 members (excludes halogenated alkanes) is 3. The van der Waals surface area contributed by atoms with Crippen LogP contribution in [0.25, 0.3) is 5.57 Å². The van der Waals surface area contributed by atoms with Crippen molar-refractivity contribution in [2.24, 2.45) is 5.41 Å². The van der Waals surface area contributed by atoms with Crippen LogP contribution in [-0.2, 0) is 4.74 Å². The number of rotatable bonds is 9. The van der Waals surface area contributed by atoms with Crippen LogP contribution in [0.5, 0.6) is 5.75 Å². The second-order valence-corrected chi connectivity index (χ2v) is 9.08. The molecule has 3 heteroatoms. The quantitative estimate of drug-likeness (QED) is 0.259. The maximum absolute atomic E-state index is 12.4. The van der Waals surface area contributed by atoms with Crippen LogP contribution < -0.4 is 0 Å². The molecule has 1 aromatic rings. The van der Waals surface area contributed by atoms with E-state index < -0.39 is 0 Å². The van der Waals surface area contributed by atoms with E-state index in [0.29, 0.717) is 12.2 Å². The number of carbonyl (C=O) groups excluding carboxylic acids is 1. The van der Waals surface area contributed by atoms with E-state index >= 15 is 0 Å². The van der Waals surface area contributed by atoms with Crippen LogP contribution in [-0.4, -0.2) is 17.7 Å². The Bertz CT molecular complexity index is 840. The smallest absolute Gasteiger partial charge is 0.338 e. The van der Waals surface area contributed by atoms with Gasteiger partial charge < -0.3 is 9.84 Å². The average molecular weight is 411 g/mol. The molecule has 30 heavy (non-hydrogen) atoms. The van der Waals surface area contributed by atoms with Crippen LogP contribution in [0.15, 0.2) is 47.6 Å². The first-order valence-electron chi connectivity index (χ1n) is 11.3. The van der Waals surface area contributed by atoms with Gasteiger partial charge in [0.15, 0.2) is 0 Å². The third-order valence-electron chi connectivity index (χ3n) is 6.14. The molecule has 1 aliphatic carbocycles. The number of hydrogen-bond acceptors (Lipinski definition) is 3. The fourth-order valence-corrected chi connectivity index (χ4v) is 4.47. The van der Waals surface area contributed by atoms with E-state index in [4.69, 9.17) is 4.74 Å². The van der Waals surface area contributed by atoms with Crippen LogP contribution in [0.1, 0.15) is 95.5 Å². The number of phenols is 1. The van der Waals surface area contributed by atoms with Crippen molar-refractivity contribution in [1.29, 1.82) is 0 Å². The molecular weight excluding hydrogens is 372 g/mol. The second-order valence-electron chi connectivity index (χ2n) is 9.08. The Morgan fingerprint density at radius 2 is 2.00 bits per heavy atom. The van der Waals surface area contributed by atoms with Gasteiger partial charge in [0.25, 0.3) is 0 Å². The Hall–Kier alpha value is -2.29. The zero-order valence-electron chi connectivity index (χ0n) is 19.4. The Morgan fingerprint density at radius 3 is 2.60 bits per heavy atom. The van der Waals surface area contributed by atoms with E-state index in [9.17, 15) is 9.90 Å². The van der Waals surface area contributed by atoms with Gasteiger partial charge in [-0.3, -0.25) is 0 Å². The maximum Gasteiger partial charge on any atom is 0.338 e. The largest absolute Gasteiger partial charge is 0.507 e. The SMILES string of the molecule is C=CC(C)=C(C1=C(C)CCCC1(C)C)c1ccc(C(=O)OCCCCCC)cc1O. The van der Waals surface area contributed by atoms with Crippen LogP contribution in [0.4, 0.5) is 0 Å². The normalized spacial score (nSPS) is 16.8. The molecule has 0 saturated heterocycles. The molecule has 0 aliphatic heterocycles. The van der Waals surface area contributed by atoms with Crippen LogP contribution in [0, 0.1) is 5.41 Å². The first-order valence-corrected chi connectivity index (χ1v) is 11.3. The third-order valence-corrected chi connectivity index (χ3v) is 6.14. The molecule has 0 saturated carbocycles. The molecule has 0 heterocycles. The first-order chi connectivity index (χ1) is 14.2. The van der Waals surface area contributed by atoms with Crippen molar-refractivity contribution < 1.29 is 14.6 Å². The summed E-state index contributed by atoms with van der Waals surface area (Å²) in [4.78, 5) is 12.4. The van der Waals surface area contributed by atoms with Gasteiger partial charge in [0, 0.05) is 5.56 Å². The summed E-state index contributed by atoms with van der Waals surface area (Å²) < 4.78 is 5.38. The van der Waals surface area contributed by atoms with Gasteiger partial charge in [0.05, 0.1) is 12.2 Å². The molecule has 0 bridgehead atoms. The number of phenolic OH excluding ortho intramolecular Hbond substituents is 1. The van der Waals surface area contributed by atoms with E-state index in [1.165, 1.54) is 23.6 Å². The molecule has 0 fully saturated rings. The Morgan fingerprint density at radius 1 is 1.27 bits per heavy atom. The van der Waals surface area contributed by atoms with Crippen LogP contribution >= 0.6 is 0 Å². The Kier molecular flexibility index (Phi) is 8.52. The predicted molar refractivity (Wildman–Crippen MR) is 126 cm³/mol. The van der Waals surface area contributed by atoms with Crippen molar-refractivity contribution >= 4 is 11.5 Å². The minimum Gasteiger partial charge on any atom is -0.507 e. The summed E-state index contributed by atoms with van der Waals surface area (Å²) >= 11 is 0. The lowest BCUT2D eigenvalue weighted by Crippen LogP contribution is -2.22. The van der Waals surface area contributed by atoms with E-state index in [0.717, 1.165) is 55.2 Å². The molecule has 3 nitrogen and oxygen atoms in total. The van der Waals surface area contributed by atoms with Crippen molar-refractivity contribution in [2.45, 2.75) is 79.6 Å². The van der Waals surface area contributed by atoms with Crippen molar-refractivity contribution in [2.75, 3.05) is 6.61 Å². The number of allylic oxidation sites excluding steroid dienone is 5. The highest BCUT2D eigenvalue weighted by Crippen LogP contribution is 2.49. The lowest BCUT2D eigenvalue weighted by atomic mass is 9.68. The number of benzene rings is 1. The van der Waals surface area contributed by atoms with Gasteiger partial charge in [-0.15, -0.1) is 0 Å². The first kappa shape index (κ1) is 24.0. The summed E-state index contributed by atoms with van der Waals surface area (Å²) in [5, 5.41) is 10.9. The number of aromatic hydroxyl groups is 1. The van der Waals surface area contributed by atoms with E-state index in [-0.39, 0.29) is 17.1 Å². The Balaban J connectivity index is 2.35. The number of esters is 1. The van der Waals surface area contributed by atoms with Gasteiger partial charge in [0.2, 0.25) is 0 Å². The highest BCUT2D eigenvalue weighted by atomic mass is 16.5. The predicted octanol–water partition coefficient (Wildman–Crippen LogP) is 7.62. The lowest BCUT2D eigenvalue weighted by Gasteiger charge is -2.37. The topological polar surface area (TPSA) is 46.5 Å². The minimum absolute atomic E-state index is 0.0183. The summed E-state index contributed by atoms with van der Waals surface area (Å²) in [5.41, 5.74) is 5.85. The standard InChI is InChI=1S/C27H38O3/c1-7-9-10-11-17-30-26(29)21-14-15-22(23(28)18-21)24(19(3)8-2)25-20(4)13-12-16-27(25,5)6/h8,14-15,18,28H,2,7,9-13,16-17H2,1,3-6H3. The van der Waals surface area contributed by atoms with Gasteiger partial charge in [-0.2, -0.15) is 0 Å².